The van der Waals surface area contributed by atoms with Crippen molar-refractivity contribution in [3.8, 4) is 34.0 Å². The number of hydrogen-bond acceptors (Lipinski definition) is 6. The van der Waals surface area contributed by atoms with Gasteiger partial charge in [-0.15, -0.1) is 0 Å². The second kappa shape index (κ2) is 9.37. The Bertz CT molecular complexity index is 1530. The molecule has 0 aliphatic carbocycles. The lowest BCUT2D eigenvalue weighted by molar-refractivity contribution is -0.145. The maximum Gasteiger partial charge on any atom is 0.311 e. The molecule has 1 unspecified atom stereocenters. The third-order valence-corrected chi connectivity index (χ3v) is 5.71. The third-order valence-electron chi connectivity index (χ3n) is 5.71. The number of imidazole rings is 1. The van der Waals surface area contributed by atoms with Gasteiger partial charge in [0.1, 0.15) is 29.0 Å². The summed E-state index contributed by atoms with van der Waals surface area (Å²) in [7, 11) is 1.36. The van der Waals surface area contributed by atoms with Crippen LogP contribution in [0.1, 0.15) is 23.5 Å². The standard InChI is InChI=1S/C25H21FN4O6/c1-36-20-5-3-13(26)9-15(20)16-6-12(14(25(34)35)10-21(31)32)7-17(22(16)33)24-29-18-4-2-11(23(27)28)8-19(18)30-24/h2-9,14,33H,10H2,1H3,(H3,27,28)(H,29,30)(H,31,32)(H,34,35). The first-order valence-electron chi connectivity index (χ1n) is 10.6. The van der Waals surface area contributed by atoms with Crippen molar-refractivity contribution in [2.24, 2.45) is 5.73 Å². The molecular weight excluding hydrogens is 471 g/mol. The first-order chi connectivity index (χ1) is 17.1. The molecule has 0 aliphatic rings. The molecule has 0 amide bonds. The number of amidine groups is 1. The summed E-state index contributed by atoms with van der Waals surface area (Å²) < 4.78 is 19.5. The van der Waals surface area contributed by atoms with Gasteiger partial charge in [-0.25, -0.2) is 9.37 Å². The highest BCUT2D eigenvalue weighted by atomic mass is 19.1. The maximum atomic E-state index is 14.2. The van der Waals surface area contributed by atoms with Gasteiger partial charge < -0.3 is 30.8 Å². The number of hydrogen-bond donors (Lipinski definition) is 6. The minimum Gasteiger partial charge on any atom is -0.507 e. The predicted octanol–water partition coefficient (Wildman–Crippen LogP) is 3.68. The molecule has 0 saturated heterocycles. The SMILES string of the molecule is COc1ccc(F)cc1-c1cc(C(CC(=O)O)C(=O)O)cc(-c2nc3cc(C(=N)N)ccc3[nH]2)c1O. The number of carbonyl (C=O) groups is 2. The van der Waals surface area contributed by atoms with E-state index >= 15 is 0 Å². The summed E-state index contributed by atoms with van der Waals surface area (Å²) >= 11 is 0. The summed E-state index contributed by atoms with van der Waals surface area (Å²) in [6.45, 7) is 0. The van der Waals surface area contributed by atoms with E-state index in [1.54, 1.807) is 18.2 Å². The molecule has 4 aromatic rings. The number of fused-ring (bicyclic) bond motifs is 1. The molecule has 1 atom stereocenters. The minimum absolute atomic E-state index is 0.0281. The molecule has 1 aromatic heterocycles. The quantitative estimate of drug-likeness (QED) is 0.159. The van der Waals surface area contributed by atoms with E-state index in [-0.39, 0.29) is 45.4 Å². The topological polar surface area (TPSA) is 183 Å². The lowest BCUT2D eigenvalue weighted by Crippen LogP contribution is -2.16. The van der Waals surface area contributed by atoms with Gasteiger partial charge in [0.05, 0.1) is 36.0 Å². The van der Waals surface area contributed by atoms with E-state index in [9.17, 15) is 29.3 Å². The molecule has 0 radical (unpaired) electrons. The molecule has 1 heterocycles. The van der Waals surface area contributed by atoms with Crippen LogP contribution in [0.2, 0.25) is 0 Å². The van der Waals surface area contributed by atoms with Gasteiger partial charge in [0, 0.05) is 16.7 Å². The van der Waals surface area contributed by atoms with Gasteiger partial charge >= 0.3 is 11.9 Å². The predicted molar refractivity (Wildman–Crippen MR) is 129 cm³/mol. The normalized spacial score (nSPS) is 11.8. The van der Waals surface area contributed by atoms with Crippen molar-refractivity contribution >= 4 is 28.8 Å². The molecule has 0 bridgehead atoms. The van der Waals surface area contributed by atoms with Crippen LogP contribution < -0.4 is 10.5 Å². The van der Waals surface area contributed by atoms with Crippen molar-refractivity contribution in [1.29, 1.82) is 5.41 Å². The van der Waals surface area contributed by atoms with Crippen LogP contribution in [-0.2, 0) is 9.59 Å². The first kappa shape index (κ1) is 24.2. The van der Waals surface area contributed by atoms with Gasteiger partial charge in [0.2, 0.25) is 0 Å². The lowest BCUT2D eigenvalue weighted by Gasteiger charge is -2.17. The van der Waals surface area contributed by atoms with Gasteiger partial charge in [-0.1, -0.05) is 0 Å². The smallest absolute Gasteiger partial charge is 0.311 e. The van der Waals surface area contributed by atoms with Crippen molar-refractivity contribution in [1.82, 2.24) is 9.97 Å². The number of aliphatic carboxylic acids is 2. The number of carboxylic acid groups (broad SMARTS) is 2. The summed E-state index contributed by atoms with van der Waals surface area (Å²) in [5.74, 6) is -4.98. The number of nitrogen functional groups attached to an aromatic ring is 1. The first-order valence-corrected chi connectivity index (χ1v) is 10.6. The number of nitrogens with zero attached hydrogens (tertiary/aromatic N) is 1. The molecule has 36 heavy (non-hydrogen) atoms. The second-order valence-electron chi connectivity index (χ2n) is 8.03. The van der Waals surface area contributed by atoms with E-state index in [1.807, 2.05) is 0 Å². The van der Waals surface area contributed by atoms with Gasteiger partial charge in [-0.2, -0.15) is 0 Å². The molecule has 11 heteroatoms. The van der Waals surface area contributed by atoms with Gasteiger partial charge in [-0.05, 0) is 54.1 Å². The molecule has 3 aromatic carbocycles. The minimum atomic E-state index is -1.46. The Morgan fingerprint density at radius 3 is 2.47 bits per heavy atom. The number of ether oxygens (including phenoxy) is 1. The third kappa shape index (κ3) is 4.53. The highest BCUT2D eigenvalue weighted by Crippen LogP contribution is 2.44. The Morgan fingerprint density at radius 1 is 1.11 bits per heavy atom. The van der Waals surface area contributed by atoms with E-state index in [0.29, 0.717) is 16.6 Å². The largest absolute Gasteiger partial charge is 0.507 e. The molecule has 4 rings (SSSR count). The Labute approximate surface area is 203 Å². The number of aromatic nitrogens is 2. The molecule has 184 valence electrons. The number of rotatable bonds is 8. The van der Waals surface area contributed by atoms with Crippen molar-refractivity contribution in [2.45, 2.75) is 12.3 Å². The van der Waals surface area contributed by atoms with Crippen molar-refractivity contribution in [3.63, 3.8) is 0 Å². The fourth-order valence-electron chi connectivity index (χ4n) is 3.96. The monoisotopic (exact) mass is 492 g/mol. The van der Waals surface area contributed by atoms with Crippen LogP contribution in [0.3, 0.4) is 0 Å². The molecule has 10 nitrogen and oxygen atoms in total. The van der Waals surface area contributed by atoms with E-state index in [1.165, 1.54) is 31.4 Å². The summed E-state index contributed by atoms with van der Waals surface area (Å²) in [5.41, 5.74) is 7.23. The number of aromatic hydroxyl groups is 1. The van der Waals surface area contributed by atoms with E-state index < -0.39 is 30.1 Å². The van der Waals surface area contributed by atoms with E-state index in [0.717, 1.165) is 6.07 Å². The fraction of sp³-hybridized carbons (Fsp3) is 0.120. The zero-order chi connectivity index (χ0) is 26.1. The Kier molecular flexibility index (Phi) is 6.30. The number of nitrogens with two attached hydrogens (primary N) is 1. The van der Waals surface area contributed by atoms with Crippen LogP contribution in [-0.4, -0.2) is 50.2 Å². The van der Waals surface area contributed by atoms with Gasteiger partial charge in [0.15, 0.2) is 0 Å². The Morgan fingerprint density at radius 2 is 1.83 bits per heavy atom. The van der Waals surface area contributed by atoms with Gasteiger partial charge in [0.25, 0.3) is 0 Å². The number of nitrogens with one attached hydrogen (secondary N) is 2. The summed E-state index contributed by atoms with van der Waals surface area (Å²) in [4.78, 5) is 30.8. The fourth-order valence-corrected chi connectivity index (χ4v) is 3.96. The summed E-state index contributed by atoms with van der Waals surface area (Å²) in [6.07, 6.45) is -0.721. The highest BCUT2D eigenvalue weighted by Gasteiger charge is 2.27. The number of phenolic OH excluding ortho intramolecular Hbond substituents is 1. The number of phenols is 1. The molecule has 0 aliphatic heterocycles. The number of H-pyrrole nitrogens is 1. The number of benzene rings is 3. The number of aromatic amines is 1. The van der Waals surface area contributed by atoms with Crippen LogP contribution in [0.25, 0.3) is 33.5 Å². The van der Waals surface area contributed by atoms with Gasteiger partial charge in [-0.3, -0.25) is 15.0 Å². The van der Waals surface area contributed by atoms with E-state index in [2.05, 4.69) is 9.97 Å². The summed E-state index contributed by atoms with van der Waals surface area (Å²) in [6, 6.07) is 11.1. The van der Waals surface area contributed by atoms with Crippen molar-refractivity contribution in [2.75, 3.05) is 7.11 Å². The Balaban J connectivity index is 2.01. The van der Waals surface area contributed by atoms with Crippen LogP contribution >= 0.6 is 0 Å². The van der Waals surface area contributed by atoms with Crippen molar-refractivity contribution in [3.05, 3.63) is 65.5 Å². The van der Waals surface area contributed by atoms with Crippen LogP contribution in [0, 0.1) is 11.2 Å². The molecule has 0 spiro atoms. The number of carboxylic acids is 2. The lowest BCUT2D eigenvalue weighted by atomic mass is 9.89. The van der Waals surface area contributed by atoms with Crippen LogP contribution in [0.4, 0.5) is 4.39 Å². The van der Waals surface area contributed by atoms with Crippen molar-refractivity contribution < 1.29 is 34.0 Å². The summed E-state index contributed by atoms with van der Waals surface area (Å²) in [5, 5.41) is 37.9. The molecule has 0 saturated carbocycles. The average Bonchev–Trinajstić information content (AvgIpc) is 3.25. The zero-order valence-corrected chi connectivity index (χ0v) is 18.9. The number of methoxy groups -OCH3 is 1. The average molecular weight is 492 g/mol. The maximum absolute atomic E-state index is 14.2. The molecule has 7 N–H and O–H groups in total. The number of halogens is 1. The van der Waals surface area contributed by atoms with E-state index in [4.69, 9.17) is 15.9 Å². The molecular formula is C25H21FN4O6. The Hall–Kier alpha value is -4.93. The highest BCUT2D eigenvalue weighted by molar-refractivity contribution is 5.98. The molecule has 0 fully saturated rings. The van der Waals surface area contributed by atoms with Crippen LogP contribution in [0.15, 0.2) is 48.5 Å². The zero-order valence-electron chi connectivity index (χ0n) is 18.9. The second-order valence-corrected chi connectivity index (χ2v) is 8.03. The van der Waals surface area contributed by atoms with Crippen LogP contribution in [0.5, 0.6) is 11.5 Å².